The van der Waals surface area contributed by atoms with Gasteiger partial charge in [-0.3, -0.25) is 0 Å². The third kappa shape index (κ3) is 5.01. The zero-order valence-corrected chi connectivity index (χ0v) is 19.7. The Labute approximate surface area is 216 Å². The van der Waals surface area contributed by atoms with E-state index in [2.05, 4.69) is 0 Å². The molecule has 33 heavy (non-hydrogen) atoms. The molecule has 0 rings (SSSR count). The van der Waals surface area contributed by atoms with Crippen molar-refractivity contribution in [3.63, 3.8) is 0 Å². The fourth-order valence-electron chi connectivity index (χ4n) is 1.91. The van der Waals surface area contributed by atoms with E-state index in [-0.39, 0.29) is 51.4 Å². The minimum absolute atomic E-state index is 0. The Bertz CT molecular complexity index is 795. The van der Waals surface area contributed by atoms with Gasteiger partial charge in [0.25, 0.3) is 0 Å². The fraction of sp³-hybridized carbons (Fsp3) is 1.00. The van der Waals surface area contributed by atoms with E-state index in [4.69, 9.17) is 0 Å². The van der Waals surface area contributed by atoms with Gasteiger partial charge in [-0.1, -0.05) is 13.3 Å². The first-order chi connectivity index (χ1) is 13.6. The van der Waals surface area contributed by atoms with Crippen LogP contribution in [0.3, 0.4) is 0 Å². The first-order valence-electron chi connectivity index (χ1n) is 7.54. The molecule has 3 nitrogen and oxygen atoms in total. The summed E-state index contributed by atoms with van der Waals surface area (Å²) in [6, 6.07) is 0. The Morgan fingerprint density at radius 3 is 1.12 bits per heavy atom. The van der Waals surface area contributed by atoms with Crippen molar-refractivity contribution in [3.8, 4) is 0 Å². The van der Waals surface area contributed by atoms with E-state index in [9.17, 15) is 83.2 Å². The van der Waals surface area contributed by atoms with E-state index in [1.807, 2.05) is 0 Å². The fourth-order valence-corrected chi connectivity index (χ4v) is 2.36. The molecule has 0 aromatic rings. The van der Waals surface area contributed by atoms with Crippen LogP contribution in [0.5, 0.6) is 0 Å². The predicted octanol–water partition coefficient (Wildman–Crippen LogP) is 2.77. The molecule has 0 fully saturated rings. The molecule has 0 spiro atoms. The van der Waals surface area contributed by atoms with Crippen molar-refractivity contribution in [2.45, 2.75) is 72.9 Å². The third-order valence-corrected chi connectivity index (χ3v) is 4.84. The maximum Gasteiger partial charge on any atom is 1.00 e. The molecule has 0 aliphatic heterocycles. The molecule has 0 aromatic carbocycles. The summed E-state index contributed by atoms with van der Waals surface area (Å²) in [5.74, 6) is -56.8. The summed E-state index contributed by atoms with van der Waals surface area (Å²) in [4.78, 5) is 0. The first-order valence-corrected chi connectivity index (χ1v) is 8.95. The second-order valence-corrected chi connectivity index (χ2v) is 7.65. The van der Waals surface area contributed by atoms with Crippen molar-refractivity contribution in [1.82, 2.24) is 0 Å². The topological polar surface area (TPSA) is 57.2 Å². The summed E-state index contributed by atoms with van der Waals surface area (Å²) in [5.41, 5.74) is 0. The summed E-state index contributed by atoms with van der Waals surface area (Å²) in [5, 5.41) is -7.88. The molecule has 0 aromatic heterocycles. The average molecular weight is 576 g/mol. The van der Waals surface area contributed by atoms with Gasteiger partial charge in [-0.2, -0.15) is 70.2 Å². The average Bonchev–Trinajstić information content (AvgIpc) is 2.57. The number of alkyl halides is 16. The van der Waals surface area contributed by atoms with Crippen LogP contribution in [0.4, 0.5) is 70.2 Å². The Kier molecular flexibility index (Phi) is 10.5. The minimum Gasteiger partial charge on any atom is -0.743 e. The van der Waals surface area contributed by atoms with E-state index in [1.54, 1.807) is 0 Å². The van der Waals surface area contributed by atoms with Crippen molar-refractivity contribution < 1.29 is 135 Å². The van der Waals surface area contributed by atoms with E-state index >= 15 is 0 Å². The van der Waals surface area contributed by atoms with Crippen LogP contribution in [0.1, 0.15) is 26.2 Å². The zero-order valence-electron chi connectivity index (χ0n) is 15.8. The maximum atomic E-state index is 13.4. The molecule has 0 atom stereocenters. The normalized spacial score (nSPS) is 15.9. The molecular weight excluding hydrogens is 567 g/mol. The van der Waals surface area contributed by atoms with Gasteiger partial charge < -0.3 is 4.55 Å². The summed E-state index contributed by atoms with van der Waals surface area (Å²) in [7, 11) is -8.09. The zero-order chi connectivity index (χ0) is 26.6. The first kappa shape index (κ1) is 35.6. The van der Waals surface area contributed by atoms with Crippen LogP contribution in [0.25, 0.3) is 0 Å². The van der Waals surface area contributed by atoms with Crippen LogP contribution in [0.2, 0.25) is 0 Å². The molecule has 0 radical (unpaired) electrons. The van der Waals surface area contributed by atoms with Crippen molar-refractivity contribution >= 4 is 10.1 Å². The SMILES string of the molecule is CCCCC(F)(F)C(F)(F)C(F)(F)C(F)(F)C(F)(F)C(F)(F)C(F)(F)C(F)(F)S(=O)(=O)[O-].[K+]. The van der Waals surface area contributed by atoms with E-state index in [0.29, 0.717) is 0 Å². The maximum absolute atomic E-state index is 13.4. The summed E-state index contributed by atoms with van der Waals surface area (Å²) >= 11 is 0. The quantitative estimate of drug-likeness (QED) is 0.216. The number of rotatable bonds is 11. The second-order valence-electron chi connectivity index (χ2n) is 6.23. The van der Waals surface area contributed by atoms with Crippen LogP contribution in [0.15, 0.2) is 0 Å². The molecular formula is C12H9F16KO3S. The molecule has 0 aliphatic carbocycles. The van der Waals surface area contributed by atoms with Gasteiger partial charge in [-0.15, -0.1) is 0 Å². The van der Waals surface area contributed by atoms with Crippen LogP contribution < -0.4 is 51.4 Å². The van der Waals surface area contributed by atoms with Gasteiger partial charge in [-0.25, -0.2) is 8.42 Å². The molecule has 0 heterocycles. The molecule has 0 unspecified atom stereocenters. The Balaban J connectivity index is 0. The molecule has 0 N–H and O–H groups in total. The predicted molar refractivity (Wildman–Crippen MR) is 68.8 cm³/mol. The third-order valence-electron chi connectivity index (χ3n) is 3.95. The van der Waals surface area contributed by atoms with Gasteiger partial charge in [0.2, 0.25) is 0 Å². The minimum atomic E-state index is -8.76. The van der Waals surface area contributed by atoms with E-state index in [0.717, 1.165) is 6.92 Å². The largest absolute Gasteiger partial charge is 1.00 e. The van der Waals surface area contributed by atoms with Crippen LogP contribution in [-0.4, -0.2) is 59.7 Å². The molecule has 0 amide bonds. The summed E-state index contributed by atoms with van der Waals surface area (Å²) in [6.45, 7) is 0.960. The molecule has 21 heteroatoms. The van der Waals surface area contributed by atoms with Gasteiger partial charge in [0.1, 0.15) is 0 Å². The second kappa shape index (κ2) is 9.71. The number of unbranched alkanes of at least 4 members (excludes halogenated alkanes) is 1. The Hall–Kier alpha value is 0.426. The number of hydrogen-bond acceptors (Lipinski definition) is 3. The monoisotopic (exact) mass is 576 g/mol. The number of halogens is 16. The Morgan fingerprint density at radius 2 is 0.848 bits per heavy atom. The molecule has 0 bridgehead atoms. The molecule has 0 saturated heterocycles. The summed E-state index contributed by atoms with van der Waals surface area (Å²) < 4.78 is 242. The van der Waals surface area contributed by atoms with Crippen LogP contribution in [-0.2, 0) is 10.1 Å². The summed E-state index contributed by atoms with van der Waals surface area (Å²) in [6.07, 6.45) is -4.08. The standard InChI is InChI=1S/C12H10F16O3S.K/c1-2-3-4-5(13,14)6(15,16)7(17,18)8(19,20)9(21,22)10(23,24)11(25,26)12(27,28)32(29,30)31;/h2-4H2,1H3,(H,29,30,31);/q;+1/p-1. The van der Waals surface area contributed by atoms with Gasteiger partial charge in [0, 0.05) is 6.42 Å². The number of hydrogen-bond donors (Lipinski definition) is 0. The van der Waals surface area contributed by atoms with Crippen LogP contribution >= 0.6 is 0 Å². The molecule has 0 saturated carbocycles. The van der Waals surface area contributed by atoms with Gasteiger partial charge in [0.05, 0.1) is 0 Å². The van der Waals surface area contributed by atoms with Crippen molar-refractivity contribution in [2.24, 2.45) is 0 Å². The molecule has 194 valence electrons. The van der Waals surface area contributed by atoms with Crippen molar-refractivity contribution in [2.75, 3.05) is 0 Å². The van der Waals surface area contributed by atoms with Gasteiger partial charge in [-0.05, 0) is 6.42 Å². The van der Waals surface area contributed by atoms with Crippen molar-refractivity contribution in [3.05, 3.63) is 0 Å². The van der Waals surface area contributed by atoms with Gasteiger partial charge in [0.15, 0.2) is 10.1 Å². The van der Waals surface area contributed by atoms with E-state index in [1.165, 1.54) is 0 Å². The molecule has 0 aliphatic rings. The van der Waals surface area contributed by atoms with Gasteiger partial charge >= 0.3 is 98.1 Å². The van der Waals surface area contributed by atoms with E-state index < -0.39 is 76.1 Å². The van der Waals surface area contributed by atoms with Crippen LogP contribution in [0, 0.1) is 0 Å². The van der Waals surface area contributed by atoms with Crippen molar-refractivity contribution in [1.29, 1.82) is 0 Å². The Morgan fingerprint density at radius 1 is 0.576 bits per heavy atom. The smallest absolute Gasteiger partial charge is 0.743 e.